The highest BCUT2D eigenvalue weighted by Gasteiger charge is 2.32. The predicted molar refractivity (Wildman–Crippen MR) is 103 cm³/mol. The van der Waals surface area contributed by atoms with Crippen LogP contribution < -0.4 is 0 Å². The van der Waals surface area contributed by atoms with Crippen molar-refractivity contribution in [1.82, 2.24) is 25.1 Å². The Morgan fingerprint density at radius 3 is 2.67 bits per heavy atom. The Morgan fingerprint density at radius 1 is 1.27 bits per heavy atom. The minimum absolute atomic E-state index is 0.0106. The fourth-order valence-electron chi connectivity index (χ4n) is 3.15. The average Bonchev–Trinajstić information content (AvgIpc) is 3.18. The highest BCUT2D eigenvalue weighted by atomic mass is 16.6. The average molecular weight is 417 g/mol. The molecule has 11 heteroatoms. The van der Waals surface area contributed by atoms with E-state index < -0.39 is 18.1 Å². The van der Waals surface area contributed by atoms with Gasteiger partial charge in [0.25, 0.3) is 5.91 Å². The summed E-state index contributed by atoms with van der Waals surface area (Å²) in [7, 11) is 1.37. The summed E-state index contributed by atoms with van der Waals surface area (Å²) in [6, 6.07) is 9.05. The second-order valence-electron chi connectivity index (χ2n) is 6.69. The minimum Gasteiger partial charge on any atom is -0.465 e. The molecule has 0 spiro atoms. The molecule has 2 aromatic rings. The van der Waals surface area contributed by atoms with Gasteiger partial charge in [-0.3, -0.25) is 9.89 Å². The van der Waals surface area contributed by atoms with E-state index in [-0.39, 0.29) is 32.0 Å². The van der Waals surface area contributed by atoms with Crippen molar-refractivity contribution in [3.63, 3.8) is 0 Å². The van der Waals surface area contributed by atoms with Gasteiger partial charge in [0.15, 0.2) is 0 Å². The van der Waals surface area contributed by atoms with Gasteiger partial charge in [0.1, 0.15) is 12.3 Å². The number of carboxylic acid groups (broad SMARTS) is 1. The van der Waals surface area contributed by atoms with Gasteiger partial charge in [-0.05, 0) is 5.56 Å². The molecular formula is C19H23N5O6. The molecule has 0 bridgehead atoms. The number of rotatable bonds is 5. The summed E-state index contributed by atoms with van der Waals surface area (Å²) in [5.74, 6) is -0.596. The van der Waals surface area contributed by atoms with Crippen molar-refractivity contribution in [2.24, 2.45) is 0 Å². The summed E-state index contributed by atoms with van der Waals surface area (Å²) >= 11 is 0. The Kier molecular flexibility index (Phi) is 6.52. The molecule has 0 atom stereocenters. The lowest BCUT2D eigenvalue weighted by Crippen LogP contribution is -2.49. The van der Waals surface area contributed by atoms with E-state index in [1.54, 1.807) is 12.1 Å². The molecule has 0 saturated heterocycles. The lowest BCUT2D eigenvalue weighted by Gasteiger charge is -2.31. The number of aliphatic hydroxyl groups is 1. The Morgan fingerprint density at radius 2 is 2.00 bits per heavy atom. The molecule has 0 aliphatic carbocycles. The molecule has 0 unspecified atom stereocenters. The largest absolute Gasteiger partial charge is 0.465 e. The van der Waals surface area contributed by atoms with Crippen LogP contribution in [0, 0.1) is 0 Å². The van der Waals surface area contributed by atoms with Gasteiger partial charge in [0, 0.05) is 25.6 Å². The third kappa shape index (κ3) is 4.51. The van der Waals surface area contributed by atoms with Gasteiger partial charge >= 0.3 is 12.2 Å². The van der Waals surface area contributed by atoms with Crippen LogP contribution in [0.2, 0.25) is 0 Å². The summed E-state index contributed by atoms with van der Waals surface area (Å²) in [5.41, 5.74) is 1.96. The van der Waals surface area contributed by atoms with Crippen molar-refractivity contribution in [2.45, 2.75) is 19.6 Å². The van der Waals surface area contributed by atoms with Crippen LogP contribution in [0.1, 0.15) is 27.3 Å². The Balaban J connectivity index is 1.73. The fourth-order valence-corrected chi connectivity index (χ4v) is 3.15. The van der Waals surface area contributed by atoms with Gasteiger partial charge in [-0.2, -0.15) is 5.10 Å². The summed E-state index contributed by atoms with van der Waals surface area (Å²) in [5, 5.41) is 27.3. The van der Waals surface area contributed by atoms with Crippen LogP contribution in [0.15, 0.2) is 30.3 Å². The predicted octanol–water partition coefficient (Wildman–Crippen LogP) is 1.06. The van der Waals surface area contributed by atoms with E-state index >= 15 is 0 Å². The number of benzene rings is 1. The molecule has 11 nitrogen and oxygen atoms in total. The zero-order valence-electron chi connectivity index (χ0n) is 16.4. The highest BCUT2D eigenvalue weighted by Crippen LogP contribution is 2.22. The first kappa shape index (κ1) is 21.1. The van der Waals surface area contributed by atoms with Crippen LogP contribution in [0.3, 0.4) is 0 Å². The van der Waals surface area contributed by atoms with Gasteiger partial charge < -0.3 is 19.8 Å². The Bertz CT molecular complexity index is 915. The summed E-state index contributed by atoms with van der Waals surface area (Å²) < 4.78 is 5.26. The maximum Gasteiger partial charge on any atom is 0.429 e. The molecular weight excluding hydrogens is 394 g/mol. The van der Waals surface area contributed by atoms with E-state index in [2.05, 4.69) is 10.2 Å². The van der Waals surface area contributed by atoms with Gasteiger partial charge in [-0.15, -0.1) is 0 Å². The van der Waals surface area contributed by atoms with Crippen LogP contribution >= 0.6 is 0 Å². The lowest BCUT2D eigenvalue weighted by molar-refractivity contribution is -0.00875. The molecule has 3 N–H and O–H groups in total. The molecule has 2 heterocycles. The molecule has 30 heavy (non-hydrogen) atoms. The number of ether oxygens (including phenoxy) is 1. The number of carbonyl (C=O) groups excluding carboxylic acids is 2. The zero-order chi connectivity index (χ0) is 21.7. The first-order valence-electron chi connectivity index (χ1n) is 9.33. The number of fused-ring (bicyclic) bond motifs is 1. The first-order chi connectivity index (χ1) is 14.4. The maximum atomic E-state index is 13.0. The molecule has 1 aliphatic rings. The monoisotopic (exact) mass is 417 g/mol. The van der Waals surface area contributed by atoms with Crippen LogP contribution in [0.25, 0.3) is 0 Å². The molecule has 1 aromatic carbocycles. The number of aliphatic hydroxyl groups excluding tert-OH is 1. The quantitative estimate of drug-likeness (QED) is 0.618. The Labute approximate surface area is 172 Å². The van der Waals surface area contributed by atoms with Crippen LogP contribution in [0.4, 0.5) is 9.59 Å². The number of aromatic nitrogens is 2. The van der Waals surface area contributed by atoms with Crippen molar-refractivity contribution < 1.29 is 29.3 Å². The number of hydrazine groups is 1. The molecule has 160 valence electrons. The highest BCUT2D eigenvalue weighted by molar-refractivity contribution is 5.94. The number of hydrogen-bond acceptors (Lipinski definition) is 6. The summed E-state index contributed by atoms with van der Waals surface area (Å²) in [6.07, 6.45) is -1.50. The fraction of sp³-hybridized carbons (Fsp3) is 0.368. The van der Waals surface area contributed by atoms with E-state index in [9.17, 15) is 24.6 Å². The minimum atomic E-state index is -1.08. The van der Waals surface area contributed by atoms with Crippen LogP contribution in [-0.4, -0.2) is 80.2 Å². The Hall–Kier alpha value is -3.60. The number of amides is 3. The van der Waals surface area contributed by atoms with E-state index in [0.29, 0.717) is 24.2 Å². The van der Waals surface area contributed by atoms with Crippen LogP contribution in [0.5, 0.6) is 0 Å². The molecule has 1 aromatic heterocycles. The van der Waals surface area contributed by atoms with Crippen molar-refractivity contribution >= 4 is 18.1 Å². The normalized spacial score (nSPS) is 12.8. The second-order valence-corrected chi connectivity index (χ2v) is 6.69. The zero-order valence-corrected chi connectivity index (χ0v) is 16.4. The topological polar surface area (TPSA) is 139 Å². The lowest BCUT2D eigenvalue weighted by atomic mass is 10.1. The number of aromatic amines is 1. The molecule has 3 amide bonds. The third-order valence-corrected chi connectivity index (χ3v) is 4.79. The van der Waals surface area contributed by atoms with Crippen molar-refractivity contribution in [3.05, 3.63) is 52.8 Å². The first-order valence-corrected chi connectivity index (χ1v) is 9.33. The third-order valence-electron chi connectivity index (χ3n) is 4.79. The SMILES string of the molecule is CN(C(=O)c1[nH]nc2c1CN(C(=O)O)CC2)N(CCO)C(=O)OCc1ccccc1. The van der Waals surface area contributed by atoms with Crippen LogP contribution in [-0.2, 0) is 24.3 Å². The summed E-state index contributed by atoms with van der Waals surface area (Å²) in [4.78, 5) is 38.0. The smallest absolute Gasteiger partial charge is 0.429 e. The summed E-state index contributed by atoms with van der Waals surface area (Å²) in [6.45, 7) is -0.219. The number of carbonyl (C=O) groups is 3. The molecule has 0 saturated carbocycles. The van der Waals surface area contributed by atoms with E-state index in [1.807, 2.05) is 18.2 Å². The molecule has 3 rings (SSSR count). The van der Waals surface area contributed by atoms with Gasteiger partial charge in [0.05, 0.1) is 25.4 Å². The number of H-pyrrole nitrogens is 1. The number of nitrogens with zero attached hydrogens (tertiary/aromatic N) is 4. The number of nitrogens with one attached hydrogen (secondary N) is 1. The molecule has 0 fully saturated rings. The van der Waals surface area contributed by atoms with E-state index in [4.69, 9.17) is 4.74 Å². The van der Waals surface area contributed by atoms with Gasteiger partial charge in [0.2, 0.25) is 0 Å². The van der Waals surface area contributed by atoms with Crippen molar-refractivity contribution in [1.29, 1.82) is 0 Å². The van der Waals surface area contributed by atoms with Gasteiger partial charge in [-0.25, -0.2) is 19.6 Å². The standard InChI is InChI=1S/C19H23N5O6/c1-22(24(9-10-25)19(29)30-12-13-5-3-2-4-6-13)17(26)16-14-11-23(18(27)28)8-7-15(14)20-21-16/h2-6,25H,7-12H2,1H3,(H,20,21)(H,27,28). The number of hydrogen-bond donors (Lipinski definition) is 3. The van der Waals surface area contributed by atoms with E-state index in [1.165, 1.54) is 11.9 Å². The van der Waals surface area contributed by atoms with Crippen molar-refractivity contribution in [3.8, 4) is 0 Å². The maximum absolute atomic E-state index is 13.0. The van der Waals surface area contributed by atoms with Crippen molar-refractivity contribution in [2.75, 3.05) is 26.7 Å². The second kappa shape index (κ2) is 9.27. The molecule has 0 radical (unpaired) electrons. The van der Waals surface area contributed by atoms with E-state index in [0.717, 1.165) is 15.6 Å². The van der Waals surface area contributed by atoms with Gasteiger partial charge in [-0.1, -0.05) is 30.3 Å². The molecule has 1 aliphatic heterocycles.